The molecule has 0 unspecified atom stereocenters. The Morgan fingerprint density at radius 1 is 1.10 bits per heavy atom. The van der Waals surface area contributed by atoms with Gasteiger partial charge in [-0.2, -0.15) is 0 Å². The van der Waals surface area contributed by atoms with Crippen molar-refractivity contribution in [3.05, 3.63) is 75.8 Å². The van der Waals surface area contributed by atoms with Crippen LogP contribution in [0, 0.1) is 10.1 Å². The predicted molar refractivity (Wildman–Crippen MR) is 104 cm³/mol. The molecule has 9 nitrogen and oxygen atoms in total. The molecule has 0 bridgehead atoms. The summed E-state index contributed by atoms with van der Waals surface area (Å²) in [6.07, 6.45) is 0.420. The van der Waals surface area contributed by atoms with Crippen molar-refractivity contribution in [3.63, 3.8) is 0 Å². The molecule has 0 saturated carbocycles. The van der Waals surface area contributed by atoms with Gasteiger partial charge < -0.3 is 20.1 Å². The van der Waals surface area contributed by atoms with E-state index in [1.165, 1.54) is 29.2 Å². The fourth-order valence-electron chi connectivity index (χ4n) is 3.44. The molecule has 2 aromatic carbocycles. The maximum atomic E-state index is 12.8. The third-order valence-electron chi connectivity index (χ3n) is 5.01. The number of nitrogens with zero attached hydrogens (tertiary/aromatic N) is 2. The van der Waals surface area contributed by atoms with Crippen molar-refractivity contribution >= 4 is 23.5 Å². The van der Waals surface area contributed by atoms with Crippen molar-refractivity contribution in [1.29, 1.82) is 0 Å². The molecule has 1 heterocycles. The van der Waals surface area contributed by atoms with Crippen LogP contribution in [-0.2, 0) is 27.3 Å². The average Bonchev–Trinajstić information content (AvgIpc) is 3.09. The quantitative estimate of drug-likeness (QED) is 0.289. The van der Waals surface area contributed by atoms with E-state index in [1.807, 2.05) is 30.3 Å². The maximum absolute atomic E-state index is 12.8. The average molecular weight is 417 g/mol. The maximum Gasteiger partial charge on any atom is 1.00 e. The van der Waals surface area contributed by atoms with Gasteiger partial charge in [-0.05, 0) is 24.0 Å². The summed E-state index contributed by atoms with van der Waals surface area (Å²) in [5.41, 5.74) is 1.25. The summed E-state index contributed by atoms with van der Waals surface area (Å²) in [6, 6.07) is 12.5. The zero-order valence-electron chi connectivity index (χ0n) is 17.0. The number of aliphatic carboxylic acids is 1. The number of non-ortho nitro benzene ring substituents is 1. The summed E-state index contributed by atoms with van der Waals surface area (Å²) in [4.78, 5) is 48.2. The number of nitro groups is 1. The molecular weight excluding hydrogens is 397 g/mol. The molecular formula is C21H20LiN3O6. The monoisotopic (exact) mass is 417 g/mol. The SMILES string of the molecule is O=C([O-])[C@H](Cc1ccc([N+](=O)[O-])cc1)NC(=O)[C@@H]1CCC(=O)N1Cc1ccccc1.[Li+]. The molecule has 2 aromatic rings. The molecule has 156 valence electrons. The van der Waals surface area contributed by atoms with E-state index < -0.39 is 28.9 Å². The molecule has 0 spiro atoms. The van der Waals surface area contributed by atoms with Gasteiger partial charge in [0.2, 0.25) is 11.8 Å². The van der Waals surface area contributed by atoms with Crippen molar-refractivity contribution in [2.45, 2.75) is 37.9 Å². The number of nitro benzene ring substituents is 1. The van der Waals surface area contributed by atoms with Crippen molar-refractivity contribution < 1.29 is 43.3 Å². The Labute approximate surface area is 190 Å². The number of nitrogens with one attached hydrogen (secondary N) is 1. The van der Waals surface area contributed by atoms with Crippen LogP contribution in [0.15, 0.2) is 54.6 Å². The smallest absolute Gasteiger partial charge is 0.548 e. The number of carboxylic acids is 1. The third kappa shape index (κ3) is 6.17. The van der Waals surface area contributed by atoms with Crippen LogP contribution in [0.2, 0.25) is 0 Å². The molecule has 0 radical (unpaired) electrons. The van der Waals surface area contributed by atoms with Gasteiger partial charge in [0.1, 0.15) is 6.04 Å². The van der Waals surface area contributed by atoms with Gasteiger partial charge in [-0.25, -0.2) is 0 Å². The number of benzene rings is 2. The zero-order chi connectivity index (χ0) is 21.7. The summed E-state index contributed by atoms with van der Waals surface area (Å²) in [5.74, 6) is -2.20. The number of likely N-dealkylation sites (tertiary alicyclic amines) is 1. The van der Waals surface area contributed by atoms with Gasteiger partial charge in [0.15, 0.2) is 0 Å². The molecule has 31 heavy (non-hydrogen) atoms. The minimum Gasteiger partial charge on any atom is -0.548 e. The number of carboxylic acid groups (broad SMARTS) is 1. The summed E-state index contributed by atoms with van der Waals surface area (Å²) < 4.78 is 0. The summed E-state index contributed by atoms with van der Waals surface area (Å²) in [5, 5.41) is 24.7. The third-order valence-corrected chi connectivity index (χ3v) is 5.01. The first kappa shape index (κ1) is 24.1. The van der Waals surface area contributed by atoms with Gasteiger partial charge in [-0.1, -0.05) is 42.5 Å². The molecule has 2 amide bonds. The Bertz CT molecular complexity index is 951. The van der Waals surface area contributed by atoms with Gasteiger partial charge >= 0.3 is 18.9 Å². The Balaban J connectivity index is 0.00000341. The first-order chi connectivity index (χ1) is 14.3. The van der Waals surface area contributed by atoms with Crippen LogP contribution in [0.4, 0.5) is 5.69 Å². The second-order valence-electron chi connectivity index (χ2n) is 7.07. The Morgan fingerprint density at radius 2 is 1.74 bits per heavy atom. The zero-order valence-corrected chi connectivity index (χ0v) is 17.0. The van der Waals surface area contributed by atoms with Crippen molar-refractivity contribution in [1.82, 2.24) is 10.2 Å². The normalized spacial score (nSPS) is 16.3. The number of amides is 2. The van der Waals surface area contributed by atoms with Crippen LogP contribution in [0.5, 0.6) is 0 Å². The molecule has 1 aliphatic rings. The second kappa shape index (κ2) is 10.7. The first-order valence-electron chi connectivity index (χ1n) is 9.43. The van der Waals surface area contributed by atoms with E-state index in [4.69, 9.17) is 0 Å². The van der Waals surface area contributed by atoms with Crippen molar-refractivity contribution in [3.8, 4) is 0 Å². The van der Waals surface area contributed by atoms with E-state index in [1.54, 1.807) is 0 Å². The molecule has 0 aliphatic carbocycles. The standard InChI is InChI=1S/C21H21N3O6.Li/c25-19-11-10-18(23(19)13-15-4-2-1-3-5-15)20(26)22-17(21(27)28)12-14-6-8-16(9-7-14)24(29)30;/h1-9,17-18H,10-13H2,(H,22,26)(H,27,28);/q;+1/p-1/t17-,18-;/m0./s1. The Kier molecular flexibility index (Phi) is 8.36. The van der Waals surface area contributed by atoms with Gasteiger partial charge in [0.05, 0.1) is 16.9 Å². The minimum atomic E-state index is -1.47. The molecule has 1 N–H and O–H groups in total. The summed E-state index contributed by atoms with van der Waals surface area (Å²) in [7, 11) is 0. The molecule has 1 aliphatic heterocycles. The van der Waals surface area contributed by atoms with Crippen LogP contribution < -0.4 is 29.3 Å². The molecule has 1 fully saturated rings. The van der Waals surface area contributed by atoms with E-state index in [9.17, 15) is 29.6 Å². The molecule has 0 aromatic heterocycles. The van der Waals surface area contributed by atoms with Gasteiger partial charge in [0.25, 0.3) is 5.69 Å². The summed E-state index contributed by atoms with van der Waals surface area (Å²) >= 11 is 0. The predicted octanol–water partition coefficient (Wildman–Crippen LogP) is -2.43. The van der Waals surface area contributed by atoms with Crippen LogP contribution in [0.1, 0.15) is 24.0 Å². The Hall–Kier alpha value is -3.15. The van der Waals surface area contributed by atoms with Crippen LogP contribution in [-0.4, -0.2) is 39.7 Å². The van der Waals surface area contributed by atoms with E-state index in [0.717, 1.165) is 5.56 Å². The number of hydrogen-bond acceptors (Lipinski definition) is 6. The second-order valence-corrected chi connectivity index (χ2v) is 7.07. The van der Waals surface area contributed by atoms with Gasteiger partial charge in [0, 0.05) is 25.1 Å². The van der Waals surface area contributed by atoms with Crippen LogP contribution in [0.25, 0.3) is 0 Å². The minimum absolute atomic E-state index is 0. The molecule has 3 rings (SSSR count). The van der Waals surface area contributed by atoms with E-state index in [0.29, 0.717) is 12.0 Å². The van der Waals surface area contributed by atoms with Gasteiger partial charge in [-0.3, -0.25) is 19.7 Å². The Morgan fingerprint density at radius 3 is 2.32 bits per heavy atom. The fourth-order valence-corrected chi connectivity index (χ4v) is 3.44. The summed E-state index contributed by atoms with van der Waals surface area (Å²) in [6.45, 7) is 0.260. The number of hydrogen-bond donors (Lipinski definition) is 1. The van der Waals surface area contributed by atoms with E-state index in [2.05, 4.69) is 5.32 Å². The molecule has 1 saturated heterocycles. The van der Waals surface area contributed by atoms with Gasteiger partial charge in [-0.15, -0.1) is 0 Å². The fraction of sp³-hybridized carbons (Fsp3) is 0.286. The van der Waals surface area contributed by atoms with Crippen LogP contribution >= 0.6 is 0 Å². The van der Waals surface area contributed by atoms with Crippen molar-refractivity contribution in [2.75, 3.05) is 0 Å². The van der Waals surface area contributed by atoms with E-state index >= 15 is 0 Å². The first-order valence-corrected chi connectivity index (χ1v) is 9.43. The van der Waals surface area contributed by atoms with E-state index in [-0.39, 0.29) is 49.8 Å². The van der Waals surface area contributed by atoms with Crippen molar-refractivity contribution in [2.24, 2.45) is 0 Å². The number of carbonyl (C=O) groups excluding carboxylic acids is 3. The number of carbonyl (C=O) groups is 3. The number of rotatable bonds is 8. The topological polar surface area (TPSA) is 133 Å². The molecule has 10 heteroatoms. The molecule has 2 atom stereocenters. The largest absolute Gasteiger partial charge is 1.00 e. The van der Waals surface area contributed by atoms with Crippen LogP contribution in [0.3, 0.4) is 0 Å².